The van der Waals surface area contributed by atoms with Crippen LogP contribution in [-0.4, -0.2) is 55.5 Å². The lowest BCUT2D eigenvalue weighted by Gasteiger charge is -2.39. The van der Waals surface area contributed by atoms with E-state index in [4.69, 9.17) is 5.73 Å². The SMILES string of the molecule is CN1CCC(N(C)C(=O)C2(CN)CCCC2)CC1.Cl. The van der Waals surface area contributed by atoms with E-state index in [2.05, 4.69) is 11.9 Å². The second kappa shape index (κ2) is 6.91. The molecule has 1 saturated heterocycles. The van der Waals surface area contributed by atoms with E-state index >= 15 is 0 Å². The molecule has 1 saturated carbocycles. The number of hydrogen-bond acceptors (Lipinski definition) is 3. The van der Waals surface area contributed by atoms with Gasteiger partial charge in [0.1, 0.15) is 0 Å². The Bertz CT molecular complexity index is 297. The zero-order valence-electron chi connectivity index (χ0n) is 12.2. The third kappa shape index (κ3) is 3.41. The molecule has 19 heavy (non-hydrogen) atoms. The molecule has 0 atom stereocenters. The molecule has 1 amide bonds. The van der Waals surface area contributed by atoms with Crippen LogP contribution in [0.2, 0.25) is 0 Å². The van der Waals surface area contributed by atoms with Gasteiger partial charge in [-0.3, -0.25) is 4.79 Å². The molecule has 2 fully saturated rings. The van der Waals surface area contributed by atoms with E-state index in [1.165, 1.54) is 0 Å². The minimum atomic E-state index is -0.238. The van der Waals surface area contributed by atoms with Gasteiger partial charge in [-0.1, -0.05) is 12.8 Å². The van der Waals surface area contributed by atoms with Crippen LogP contribution in [0.3, 0.4) is 0 Å². The molecule has 0 aromatic heterocycles. The summed E-state index contributed by atoms with van der Waals surface area (Å²) in [4.78, 5) is 17.1. The number of nitrogens with two attached hydrogens (primary N) is 1. The summed E-state index contributed by atoms with van der Waals surface area (Å²) in [6.07, 6.45) is 6.48. The van der Waals surface area contributed by atoms with E-state index in [1.807, 2.05) is 11.9 Å². The van der Waals surface area contributed by atoms with Crippen molar-refractivity contribution in [2.24, 2.45) is 11.1 Å². The molecule has 1 aliphatic carbocycles. The summed E-state index contributed by atoms with van der Waals surface area (Å²) >= 11 is 0. The number of hydrogen-bond donors (Lipinski definition) is 1. The predicted octanol–water partition coefficient (Wildman–Crippen LogP) is 1.48. The molecular weight excluding hydrogens is 262 g/mol. The molecule has 0 spiro atoms. The fraction of sp³-hybridized carbons (Fsp3) is 0.929. The van der Waals surface area contributed by atoms with Crippen LogP contribution in [0.1, 0.15) is 38.5 Å². The Balaban J connectivity index is 0.00000180. The minimum absolute atomic E-state index is 0. The minimum Gasteiger partial charge on any atom is -0.342 e. The van der Waals surface area contributed by atoms with Crippen LogP contribution >= 0.6 is 12.4 Å². The van der Waals surface area contributed by atoms with Gasteiger partial charge < -0.3 is 15.5 Å². The van der Waals surface area contributed by atoms with Gasteiger partial charge in [-0.05, 0) is 45.8 Å². The first kappa shape index (κ1) is 16.7. The monoisotopic (exact) mass is 289 g/mol. The van der Waals surface area contributed by atoms with E-state index in [0.29, 0.717) is 18.5 Å². The van der Waals surface area contributed by atoms with Gasteiger partial charge in [0.2, 0.25) is 5.91 Å². The van der Waals surface area contributed by atoms with Crippen LogP contribution in [0.4, 0.5) is 0 Å². The first-order valence-corrected chi connectivity index (χ1v) is 7.25. The smallest absolute Gasteiger partial charge is 0.230 e. The molecule has 2 N–H and O–H groups in total. The molecule has 112 valence electrons. The Labute approximate surface area is 123 Å². The third-order valence-electron chi connectivity index (χ3n) is 4.96. The number of carbonyl (C=O) groups is 1. The molecule has 2 rings (SSSR count). The summed E-state index contributed by atoms with van der Waals surface area (Å²) in [5.41, 5.74) is 5.67. The van der Waals surface area contributed by atoms with Gasteiger partial charge in [0, 0.05) is 19.6 Å². The van der Waals surface area contributed by atoms with Crippen LogP contribution in [0.15, 0.2) is 0 Å². The van der Waals surface area contributed by atoms with Crippen molar-refractivity contribution in [3.8, 4) is 0 Å². The molecule has 5 heteroatoms. The van der Waals surface area contributed by atoms with E-state index in [9.17, 15) is 4.79 Å². The Hall–Kier alpha value is -0.320. The van der Waals surface area contributed by atoms with Crippen molar-refractivity contribution in [3.05, 3.63) is 0 Å². The zero-order chi connectivity index (χ0) is 13.2. The van der Waals surface area contributed by atoms with Crippen molar-refractivity contribution < 1.29 is 4.79 Å². The molecule has 0 unspecified atom stereocenters. The standard InChI is InChI=1S/C14H27N3O.ClH/c1-16-9-5-12(6-10-16)17(2)13(18)14(11-15)7-3-4-8-14;/h12H,3-11,15H2,1-2H3;1H. The summed E-state index contributed by atoms with van der Waals surface area (Å²) in [5.74, 6) is 0.303. The second-order valence-corrected chi connectivity index (χ2v) is 6.14. The van der Waals surface area contributed by atoms with Crippen molar-refractivity contribution in [2.75, 3.05) is 33.7 Å². The van der Waals surface area contributed by atoms with Crippen molar-refractivity contribution in [1.29, 1.82) is 0 Å². The summed E-state index contributed by atoms with van der Waals surface area (Å²) in [7, 11) is 4.13. The van der Waals surface area contributed by atoms with Gasteiger partial charge >= 0.3 is 0 Å². The predicted molar refractivity (Wildman–Crippen MR) is 80.5 cm³/mol. The maximum Gasteiger partial charge on any atom is 0.230 e. The van der Waals surface area contributed by atoms with Crippen LogP contribution < -0.4 is 5.73 Å². The zero-order valence-corrected chi connectivity index (χ0v) is 13.0. The fourth-order valence-corrected chi connectivity index (χ4v) is 3.48. The summed E-state index contributed by atoms with van der Waals surface area (Å²) < 4.78 is 0. The lowest BCUT2D eigenvalue weighted by atomic mass is 9.84. The summed E-state index contributed by atoms with van der Waals surface area (Å²) in [5, 5.41) is 0. The molecule has 4 nitrogen and oxygen atoms in total. The highest BCUT2D eigenvalue weighted by molar-refractivity contribution is 5.85. The average Bonchev–Trinajstić information content (AvgIpc) is 2.88. The highest BCUT2D eigenvalue weighted by Gasteiger charge is 2.43. The Morgan fingerprint density at radius 2 is 1.84 bits per heavy atom. The molecule has 0 radical (unpaired) electrons. The second-order valence-electron chi connectivity index (χ2n) is 6.14. The third-order valence-corrected chi connectivity index (χ3v) is 4.96. The molecular formula is C14H28ClN3O. The van der Waals surface area contributed by atoms with Gasteiger partial charge in [0.25, 0.3) is 0 Å². The fourth-order valence-electron chi connectivity index (χ4n) is 3.48. The number of rotatable bonds is 3. The molecule has 0 aromatic carbocycles. The Morgan fingerprint density at radius 3 is 2.32 bits per heavy atom. The Kier molecular flexibility index (Phi) is 6.09. The lowest BCUT2D eigenvalue weighted by Crippen LogP contribution is -2.51. The van der Waals surface area contributed by atoms with Gasteiger partial charge in [-0.25, -0.2) is 0 Å². The van der Waals surface area contributed by atoms with Crippen LogP contribution in [0.25, 0.3) is 0 Å². The van der Waals surface area contributed by atoms with Gasteiger partial charge in [0.05, 0.1) is 5.41 Å². The quantitative estimate of drug-likeness (QED) is 0.856. The molecule has 0 aromatic rings. The van der Waals surface area contributed by atoms with Crippen molar-refractivity contribution in [1.82, 2.24) is 9.80 Å². The molecule has 2 aliphatic rings. The maximum absolute atomic E-state index is 12.7. The molecule has 1 aliphatic heterocycles. The maximum atomic E-state index is 12.7. The van der Waals surface area contributed by atoms with Crippen molar-refractivity contribution in [2.45, 2.75) is 44.6 Å². The van der Waals surface area contributed by atoms with E-state index in [0.717, 1.165) is 51.6 Å². The van der Waals surface area contributed by atoms with Crippen LogP contribution in [0.5, 0.6) is 0 Å². The topological polar surface area (TPSA) is 49.6 Å². The first-order valence-electron chi connectivity index (χ1n) is 7.25. The highest BCUT2D eigenvalue weighted by atomic mass is 35.5. The largest absolute Gasteiger partial charge is 0.342 e. The van der Waals surface area contributed by atoms with Crippen LogP contribution in [-0.2, 0) is 4.79 Å². The summed E-state index contributed by atoms with van der Waals surface area (Å²) in [6.45, 7) is 2.71. The molecule has 0 bridgehead atoms. The normalized spacial score (nSPS) is 23.9. The summed E-state index contributed by atoms with van der Waals surface area (Å²) in [6, 6.07) is 0.415. The van der Waals surface area contributed by atoms with E-state index < -0.39 is 0 Å². The van der Waals surface area contributed by atoms with Gasteiger partial charge in [0.15, 0.2) is 0 Å². The molecule has 1 heterocycles. The average molecular weight is 290 g/mol. The number of likely N-dealkylation sites (tertiary alicyclic amines) is 1. The highest BCUT2D eigenvalue weighted by Crippen LogP contribution is 2.39. The van der Waals surface area contributed by atoms with Gasteiger partial charge in [-0.2, -0.15) is 0 Å². The number of nitrogens with zero attached hydrogens (tertiary/aromatic N) is 2. The Morgan fingerprint density at radius 1 is 1.32 bits per heavy atom. The number of amides is 1. The number of piperidine rings is 1. The number of carbonyl (C=O) groups excluding carboxylic acids is 1. The number of halogens is 1. The van der Waals surface area contributed by atoms with E-state index in [-0.39, 0.29) is 17.8 Å². The van der Waals surface area contributed by atoms with Crippen molar-refractivity contribution >= 4 is 18.3 Å². The van der Waals surface area contributed by atoms with Crippen molar-refractivity contribution in [3.63, 3.8) is 0 Å². The first-order chi connectivity index (χ1) is 8.59. The van der Waals surface area contributed by atoms with Gasteiger partial charge in [-0.15, -0.1) is 12.4 Å². The van der Waals surface area contributed by atoms with Crippen LogP contribution in [0, 0.1) is 5.41 Å². The lowest BCUT2D eigenvalue weighted by molar-refractivity contribution is -0.143. The van der Waals surface area contributed by atoms with E-state index in [1.54, 1.807) is 0 Å².